The van der Waals surface area contributed by atoms with Gasteiger partial charge in [-0.2, -0.15) is 10.0 Å². The summed E-state index contributed by atoms with van der Waals surface area (Å²) in [5.41, 5.74) is 0. The van der Waals surface area contributed by atoms with Crippen LogP contribution in [0.1, 0.15) is 53.4 Å². The zero-order chi connectivity index (χ0) is 25.7. The fourth-order valence-electron chi connectivity index (χ4n) is 5.27. The smallest absolute Gasteiger partial charge is 0.244 e. The molecule has 6 saturated heterocycles. The molecule has 0 aromatic carbocycles. The molecule has 0 aliphatic carbocycles. The summed E-state index contributed by atoms with van der Waals surface area (Å²) in [6, 6.07) is 0.444. The van der Waals surface area contributed by atoms with E-state index in [1.807, 2.05) is 37.7 Å². The maximum Gasteiger partial charge on any atom is 0.244 e. The first-order valence-corrected chi connectivity index (χ1v) is 12.9. The van der Waals surface area contributed by atoms with Crippen LogP contribution < -0.4 is 0 Å². The first-order chi connectivity index (χ1) is 17.2. The van der Waals surface area contributed by atoms with Crippen molar-refractivity contribution in [2.24, 2.45) is 11.8 Å². The van der Waals surface area contributed by atoms with E-state index >= 15 is 0 Å². The Morgan fingerprint density at radius 2 is 0.778 bits per heavy atom. The first-order valence-electron chi connectivity index (χ1n) is 12.9. The van der Waals surface area contributed by atoms with E-state index in [0.29, 0.717) is 63.9 Å². The van der Waals surface area contributed by atoms with Gasteiger partial charge in [-0.25, -0.2) is 10.0 Å². The molecule has 0 spiro atoms. The molecule has 0 aromatic rings. The van der Waals surface area contributed by atoms with Crippen molar-refractivity contribution in [2.45, 2.75) is 90.1 Å². The minimum atomic E-state index is -0.176. The van der Waals surface area contributed by atoms with E-state index in [2.05, 4.69) is 0 Å². The maximum atomic E-state index is 11.6. The first kappa shape index (κ1) is 25.7. The SMILES string of the molecule is CC(C)C1OC[C@@H]2[C@H](CO1)N2N1C(=O)CCC1=O.CC(C)C1OC[C@@H]2[C@H](CO1)N2N1C(=O)CCC1=O. The maximum absolute atomic E-state index is 11.6. The lowest BCUT2D eigenvalue weighted by Gasteiger charge is -2.23. The van der Waals surface area contributed by atoms with Crippen molar-refractivity contribution in [3.8, 4) is 0 Å². The van der Waals surface area contributed by atoms with Crippen molar-refractivity contribution in [2.75, 3.05) is 26.4 Å². The summed E-state index contributed by atoms with van der Waals surface area (Å²) in [6.45, 7) is 10.3. The van der Waals surface area contributed by atoms with Crippen LogP contribution in [0.3, 0.4) is 0 Å². The van der Waals surface area contributed by atoms with Crippen LogP contribution in [0.25, 0.3) is 0 Å². The molecule has 200 valence electrons. The molecule has 6 aliphatic rings. The molecule has 4 amide bonds. The molecule has 0 N–H and O–H groups in total. The molecule has 0 bridgehead atoms. The molecule has 12 nitrogen and oxygen atoms in total. The Kier molecular flexibility index (Phi) is 7.18. The molecule has 12 heteroatoms. The van der Waals surface area contributed by atoms with E-state index in [-0.39, 0.29) is 60.4 Å². The summed E-state index contributed by atoms with van der Waals surface area (Å²) in [7, 11) is 0. The van der Waals surface area contributed by atoms with Gasteiger partial charge < -0.3 is 18.9 Å². The number of fused-ring (bicyclic) bond motifs is 2. The number of rotatable bonds is 4. The zero-order valence-corrected chi connectivity index (χ0v) is 21.3. The standard InChI is InChI=1S/2C12H18N2O4/c2*1-7(2)12-17-5-8-9(6-18-12)13(8)14-10(15)3-4-11(14)16/h2*7-9,12H,3-6H2,1-2H3/t2*8-,9+,12?,13?. The van der Waals surface area contributed by atoms with Crippen LogP contribution in [0.4, 0.5) is 0 Å². The highest BCUT2D eigenvalue weighted by Crippen LogP contribution is 2.38. The lowest BCUT2D eigenvalue weighted by molar-refractivity contribution is -0.173. The molecular formula is C24H36N4O8. The van der Waals surface area contributed by atoms with Crippen LogP contribution in [0.5, 0.6) is 0 Å². The van der Waals surface area contributed by atoms with Gasteiger partial charge in [-0.15, -0.1) is 0 Å². The van der Waals surface area contributed by atoms with Crippen LogP contribution in [0.2, 0.25) is 0 Å². The Balaban J connectivity index is 0.000000148. The lowest BCUT2D eigenvalue weighted by Crippen LogP contribution is -2.39. The van der Waals surface area contributed by atoms with Gasteiger partial charge >= 0.3 is 0 Å². The number of hydrogen-bond acceptors (Lipinski definition) is 10. The molecule has 36 heavy (non-hydrogen) atoms. The van der Waals surface area contributed by atoms with E-state index in [1.54, 1.807) is 0 Å². The van der Waals surface area contributed by atoms with Crippen molar-refractivity contribution in [3.05, 3.63) is 0 Å². The third-order valence-electron chi connectivity index (χ3n) is 7.39. The molecule has 0 aromatic heterocycles. The van der Waals surface area contributed by atoms with Crippen LogP contribution in [-0.2, 0) is 38.1 Å². The minimum Gasteiger partial charge on any atom is -0.351 e. The quantitative estimate of drug-likeness (QED) is 0.387. The van der Waals surface area contributed by atoms with E-state index in [4.69, 9.17) is 18.9 Å². The van der Waals surface area contributed by atoms with Gasteiger partial charge in [-0.1, -0.05) is 27.7 Å². The van der Waals surface area contributed by atoms with Crippen molar-refractivity contribution in [3.63, 3.8) is 0 Å². The van der Waals surface area contributed by atoms with Gasteiger partial charge in [0.1, 0.15) is 0 Å². The fraction of sp³-hybridized carbons (Fsp3) is 0.833. The molecule has 0 saturated carbocycles. The fourth-order valence-corrected chi connectivity index (χ4v) is 5.27. The normalized spacial score (nSPS) is 40.1. The molecule has 6 heterocycles. The van der Waals surface area contributed by atoms with E-state index < -0.39 is 0 Å². The second kappa shape index (κ2) is 10.1. The topological polar surface area (TPSA) is 118 Å². The van der Waals surface area contributed by atoms with Crippen molar-refractivity contribution in [1.29, 1.82) is 0 Å². The van der Waals surface area contributed by atoms with Gasteiger partial charge in [0.15, 0.2) is 12.6 Å². The third kappa shape index (κ3) is 4.82. The summed E-state index contributed by atoms with van der Waals surface area (Å²) in [4.78, 5) is 46.6. The van der Waals surface area contributed by atoms with Crippen LogP contribution >= 0.6 is 0 Å². The average molecular weight is 509 g/mol. The number of ether oxygens (including phenoxy) is 4. The summed E-state index contributed by atoms with van der Waals surface area (Å²) in [5.74, 6) is 0.209. The van der Waals surface area contributed by atoms with Gasteiger partial charge in [0.05, 0.1) is 50.6 Å². The highest BCUT2D eigenvalue weighted by molar-refractivity contribution is 6.02. The largest absolute Gasteiger partial charge is 0.351 e. The Labute approximate surface area is 210 Å². The van der Waals surface area contributed by atoms with Gasteiger partial charge in [-0.3, -0.25) is 19.2 Å². The molecule has 4 unspecified atom stereocenters. The molecule has 6 aliphatic heterocycles. The molecule has 0 radical (unpaired) electrons. The Hall–Kier alpha value is -1.96. The van der Waals surface area contributed by atoms with Gasteiger partial charge in [0, 0.05) is 37.5 Å². The van der Waals surface area contributed by atoms with Gasteiger partial charge in [0.25, 0.3) is 0 Å². The summed E-state index contributed by atoms with van der Waals surface area (Å²) >= 11 is 0. The zero-order valence-electron chi connectivity index (χ0n) is 21.3. The highest BCUT2D eigenvalue weighted by Gasteiger charge is 2.58. The lowest BCUT2D eigenvalue weighted by atomic mass is 10.2. The number of hydrazine groups is 2. The van der Waals surface area contributed by atoms with Crippen molar-refractivity contribution in [1.82, 2.24) is 20.0 Å². The molecule has 8 atom stereocenters. The predicted octanol–water partition coefficient (Wildman–Crippen LogP) is 0.264. The van der Waals surface area contributed by atoms with Gasteiger partial charge in [-0.05, 0) is 0 Å². The molecular weight excluding hydrogens is 472 g/mol. The predicted molar refractivity (Wildman–Crippen MR) is 122 cm³/mol. The Bertz CT molecular complexity index is 781. The number of carbonyl (C=O) groups is 4. The van der Waals surface area contributed by atoms with E-state index in [1.165, 1.54) is 10.0 Å². The van der Waals surface area contributed by atoms with Crippen molar-refractivity contribution < 1.29 is 38.1 Å². The number of hydrogen-bond donors (Lipinski definition) is 0. The highest BCUT2D eigenvalue weighted by atomic mass is 16.7. The molecule has 6 fully saturated rings. The molecule has 6 rings (SSSR count). The second-order valence-electron chi connectivity index (χ2n) is 10.8. The third-order valence-corrected chi connectivity index (χ3v) is 7.39. The monoisotopic (exact) mass is 508 g/mol. The van der Waals surface area contributed by atoms with Crippen molar-refractivity contribution >= 4 is 23.6 Å². The summed E-state index contributed by atoms with van der Waals surface area (Å²) in [6.07, 6.45) is 0.946. The summed E-state index contributed by atoms with van der Waals surface area (Å²) < 4.78 is 22.7. The van der Waals surface area contributed by atoms with Crippen LogP contribution in [0.15, 0.2) is 0 Å². The number of amides is 4. The van der Waals surface area contributed by atoms with Crippen LogP contribution in [-0.4, -0.2) is 107 Å². The average Bonchev–Trinajstić information content (AvgIpc) is 3.66. The number of carbonyl (C=O) groups excluding carboxylic acids is 4. The van der Waals surface area contributed by atoms with E-state index in [0.717, 1.165) is 0 Å². The minimum absolute atomic E-state index is 0.103. The Morgan fingerprint density at radius 1 is 0.528 bits per heavy atom. The number of nitrogens with zero attached hydrogens (tertiary/aromatic N) is 4. The number of imide groups is 2. The van der Waals surface area contributed by atoms with E-state index in [9.17, 15) is 19.2 Å². The second-order valence-corrected chi connectivity index (χ2v) is 10.8. The van der Waals surface area contributed by atoms with Crippen LogP contribution in [0, 0.1) is 11.8 Å². The summed E-state index contributed by atoms with van der Waals surface area (Å²) in [5, 5.41) is 6.21. The Morgan fingerprint density at radius 3 is 1.00 bits per heavy atom. The van der Waals surface area contributed by atoms with Gasteiger partial charge in [0.2, 0.25) is 23.6 Å².